The van der Waals surface area contributed by atoms with Crippen LogP contribution in [-0.4, -0.2) is 29.1 Å². The number of nitrogens with zero attached hydrogens (tertiary/aromatic N) is 1. The minimum Gasteiger partial charge on any atom is -0.323 e. The van der Waals surface area contributed by atoms with Gasteiger partial charge in [0, 0.05) is 6.04 Å². The van der Waals surface area contributed by atoms with Gasteiger partial charge in [-0.25, -0.2) is 0 Å². The molecule has 0 bridgehead atoms. The lowest BCUT2D eigenvalue weighted by molar-refractivity contribution is -0.132. The van der Waals surface area contributed by atoms with E-state index in [2.05, 4.69) is 24.1 Å². The fraction of sp³-hybridized carbons (Fsp3) is 0.938. The Morgan fingerprint density at radius 1 is 1.32 bits per heavy atom. The summed E-state index contributed by atoms with van der Waals surface area (Å²) in [6.45, 7) is 6.48. The van der Waals surface area contributed by atoms with E-state index in [4.69, 9.17) is 0 Å². The maximum absolute atomic E-state index is 12.4. The average molecular weight is 266 g/mol. The molecule has 3 nitrogen and oxygen atoms in total. The number of nitrogens with one attached hydrogen (secondary N) is 1. The van der Waals surface area contributed by atoms with E-state index in [9.17, 15) is 4.79 Å². The van der Waals surface area contributed by atoms with Crippen molar-refractivity contribution in [3.63, 3.8) is 0 Å². The normalized spacial score (nSPS) is 30.3. The molecule has 0 radical (unpaired) electrons. The number of hydrogen-bond acceptors (Lipinski definition) is 2. The van der Waals surface area contributed by atoms with Gasteiger partial charge in [0.2, 0.25) is 5.91 Å². The zero-order valence-corrected chi connectivity index (χ0v) is 12.8. The Labute approximate surface area is 118 Å². The van der Waals surface area contributed by atoms with E-state index in [0.717, 1.165) is 6.42 Å². The smallest absolute Gasteiger partial charge is 0.240 e. The van der Waals surface area contributed by atoms with Gasteiger partial charge >= 0.3 is 0 Å². The van der Waals surface area contributed by atoms with Crippen molar-refractivity contribution in [3.8, 4) is 0 Å². The number of amides is 1. The highest BCUT2D eigenvalue weighted by atomic mass is 16.2. The summed E-state index contributed by atoms with van der Waals surface area (Å²) in [4.78, 5) is 14.6. The lowest BCUT2D eigenvalue weighted by Gasteiger charge is -2.34. The first-order chi connectivity index (χ1) is 9.15. The lowest BCUT2D eigenvalue weighted by atomic mass is 10.0. The van der Waals surface area contributed by atoms with Crippen molar-refractivity contribution in [1.29, 1.82) is 0 Å². The van der Waals surface area contributed by atoms with Crippen LogP contribution in [0.3, 0.4) is 0 Å². The van der Waals surface area contributed by atoms with Crippen molar-refractivity contribution < 1.29 is 4.79 Å². The molecule has 1 aliphatic carbocycles. The van der Waals surface area contributed by atoms with E-state index >= 15 is 0 Å². The summed E-state index contributed by atoms with van der Waals surface area (Å²) in [5.74, 6) is 1.00. The van der Waals surface area contributed by atoms with Crippen molar-refractivity contribution in [3.05, 3.63) is 0 Å². The number of carbonyl (C=O) groups is 1. The second kappa shape index (κ2) is 6.74. The highest BCUT2D eigenvalue weighted by Gasteiger charge is 2.42. The van der Waals surface area contributed by atoms with Crippen LogP contribution in [0.5, 0.6) is 0 Å². The molecular weight excluding hydrogens is 236 g/mol. The van der Waals surface area contributed by atoms with E-state index in [1.807, 2.05) is 6.92 Å². The molecule has 0 aromatic heterocycles. The molecule has 2 fully saturated rings. The Morgan fingerprint density at radius 2 is 2.00 bits per heavy atom. The molecule has 3 atom stereocenters. The zero-order valence-electron chi connectivity index (χ0n) is 12.8. The maximum atomic E-state index is 12.4. The van der Waals surface area contributed by atoms with E-state index in [0.29, 0.717) is 24.0 Å². The second-order valence-electron chi connectivity index (χ2n) is 6.47. The van der Waals surface area contributed by atoms with Crippen LogP contribution in [0.15, 0.2) is 0 Å². The Bertz CT molecular complexity index is 299. The highest BCUT2D eigenvalue weighted by Crippen LogP contribution is 2.33. The fourth-order valence-electron chi connectivity index (χ4n) is 3.72. The van der Waals surface area contributed by atoms with Gasteiger partial charge in [0.05, 0.1) is 12.2 Å². The molecule has 1 saturated heterocycles. The average Bonchev–Trinajstić information content (AvgIpc) is 2.99. The van der Waals surface area contributed by atoms with Crippen molar-refractivity contribution in [2.75, 3.05) is 0 Å². The molecular formula is C16H30N2O. The molecule has 1 aliphatic heterocycles. The first-order valence-electron chi connectivity index (χ1n) is 8.23. The Hall–Kier alpha value is -0.570. The summed E-state index contributed by atoms with van der Waals surface area (Å²) in [6, 6.07) is 0.404. The molecule has 1 amide bonds. The van der Waals surface area contributed by atoms with Crippen molar-refractivity contribution in [1.82, 2.24) is 10.2 Å². The molecule has 3 unspecified atom stereocenters. The Balaban J connectivity index is 1.98. The summed E-state index contributed by atoms with van der Waals surface area (Å²) < 4.78 is 0. The second-order valence-corrected chi connectivity index (χ2v) is 6.47. The van der Waals surface area contributed by atoms with Crippen LogP contribution in [0.25, 0.3) is 0 Å². The summed E-state index contributed by atoms with van der Waals surface area (Å²) >= 11 is 0. The van der Waals surface area contributed by atoms with Gasteiger partial charge in [-0.1, -0.05) is 39.0 Å². The van der Waals surface area contributed by atoms with Crippen LogP contribution in [-0.2, 0) is 4.79 Å². The van der Waals surface area contributed by atoms with Gasteiger partial charge in [-0.05, 0) is 39.0 Å². The van der Waals surface area contributed by atoms with Crippen LogP contribution in [0.2, 0.25) is 0 Å². The van der Waals surface area contributed by atoms with Gasteiger partial charge in [-0.2, -0.15) is 0 Å². The molecule has 19 heavy (non-hydrogen) atoms. The molecule has 110 valence electrons. The highest BCUT2D eigenvalue weighted by molar-refractivity contribution is 5.84. The van der Waals surface area contributed by atoms with E-state index in [1.165, 1.54) is 44.9 Å². The molecule has 0 spiro atoms. The Morgan fingerprint density at radius 3 is 2.63 bits per heavy atom. The van der Waals surface area contributed by atoms with Gasteiger partial charge in [0.25, 0.3) is 0 Å². The van der Waals surface area contributed by atoms with Gasteiger partial charge in [-0.3, -0.25) is 10.1 Å². The fourth-order valence-corrected chi connectivity index (χ4v) is 3.72. The third kappa shape index (κ3) is 3.31. The van der Waals surface area contributed by atoms with Crippen LogP contribution in [0, 0.1) is 5.92 Å². The van der Waals surface area contributed by atoms with E-state index < -0.39 is 0 Å². The topological polar surface area (TPSA) is 32.3 Å². The van der Waals surface area contributed by atoms with E-state index in [1.54, 1.807) is 0 Å². The first kappa shape index (κ1) is 14.8. The van der Waals surface area contributed by atoms with Crippen LogP contribution >= 0.6 is 0 Å². The minimum absolute atomic E-state index is 0.0132. The maximum Gasteiger partial charge on any atom is 0.240 e. The predicted molar refractivity (Wildman–Crippen MR) is 78.8 cm³/mol. The third-order valence-corrected chi connectivity index (χ3v) is 4.89. The molecule has 1 saturated carbocycles. The van der Waals surface area contributed by atoms with Crippen LogP contribution in [0.1, 0.15) is 72.1 Å². The van der Waals surface area contributed by atoms with Gasteiger partial charge in [-0.15, -0.1) is 0 Å². The Kier molecular flexibility index (Phi) is 5.26. The number of rotatable bonds is 6. The monoisotopic (exact) mass is 266 g/mol. The summed E-state index contributed by atoms with van der Waals surface area (Å²) in [6.07, 6.45) is 10.5. The molecule has 2 rings (SSSR count). The number of hydrogen-bond donors (Lipinski definition) is 1. The minimum atomic E-state index is 0.0132. The number of unbranched alkanes of at least 4 members (excludes halogenated alkanes) is 2. The summed E-state index contributed by atoms with van der Waals surface area (Å²) in [5.41, 5.74) is 0. The first-order valence-corrected chi connectivity index (χ1v) is 8.23. The largest absolute Gasteiger partial charge is 0.323 e. The zero-order chi connectivity index (χ0) is 13.8. The van der Waals surface area contributed by atoms with Gasteiger partial charge < -0.3 is 4.90 Å². The molecule has 3 heteroatoms. The summed E-state index contributed by atoms with van der Waals surface area (Å²) in [7, 11) is 0. The third-order valence-electron chi connectivity index (χ3n) is 4.89. The molecule has 0 aromatic carbocycles. The molecule has 1 N–H and O–H groups in total. The predicted octanol–water partition coefficient (Wildman–Crippen LogP) is 3.29. The van der Waals surface area contributed by atoms with Gasteiger partial charge in [0.1, 0.15) is 0 Å². The summed E-state index contributed by atoms with van der Waals surface area (Å²) in [5, 5.41) is 3.54. The quantitative estimate of drug-likeness (QED) is 0.748. The van der Waals surface area contributed by atoms with Crippen molar-refractivity contribution >= 4 is 5.91 Å². The SMILES string of the molecule is CCCCCC(C)N1C(=O)C(C)NC1C1CCCC1. The van der Waals surface area contributed by atoms with Crippen molar-refractivity contribution in [2.45, 2.75) is 90.4 Å². The standard InChI is InChI=1S/C16H30N2O/c1-4-5-6-9-12(2)18-15(14-10-7-8-11-14)17-13(3)16(18)19/h12-15,17H,4-11H2,1-3H3. The molecule has 0 aromatic rings. The lowest BCUT2D eigenvalue weighted by Crippen LogP contribution is -2.47. The van der Waals surface area contributed by atoms with Gasteiger partial charge in [0.15, 0.2) is 0 Å². The molecule has 1 heterocycles. The molecule has 2 aliphatic rings. The number of carbonyl (C=O) groups excluding carboxylic acids is 1. The van der Waals surface area contributed by atoms with Crippen molar-refractivity contribution in [2.24, 2.45) is 5.92 Å². The van der Waals surface area contributed by atoms with Crippen LogP contribution in [0.4, 0.5) is 0 Å². The van der Waals surface area contributed by atoms with E-state index in [-0.39, 0.29) is 6.04 Å². The van der Waals surface area contributed by atoms with Crippen LogP contribution < -0.4 is 5.32 Å².